The van der Waals surface area contributed by atoms with E-state index in [1.165, 1.54) is 25.7 Å². The third kappa shape index (κ3) is 4.46. The summed E-state index contributed by atoms with van der Waals surface area (Å²) in [5.74, 6) is -0.0991. The van der Waals surface area contributed by atoms with E-state index in [1.807, 2.05) is 12.1 Å². The van der Waals surface area contributed by atoms with Gasteiger partial charge in [0.25, 0.3) is 0 Å². The van der Waals surface area contributed by atoms with Crippen molar-refractivity contribution in [2.24, 2.45) is 0 Å². The summed E-state index contributed by atoms with van der Waals surface area (Å²) in [4.78, 5) is 2.18. The van der Waals surface area contributed by atoms with Gasteiger partial charge >= 0.3 is 0 Å². The van der Waals surface area contributed by atoms with Gasteiger partial charge in [0.05, 0.1) is 12.3 Å². The minimum Gasteiger partial charge on any atom is -0.383 e. The molecule has 1 aromatic rings. The molecular weight excluding hydrogens is 255 g/mol. The molecule has 1 N–H and O–H groups in total. The van der Waals surface area contributed by atoms with Crippen molar-refractivity contribution >= 4 is 5.69 Å². The highest BCUT2D eigenvalue weighted by molar-refractivity contribution is 5.49. The molecule has 112 valence electrons. The number of halogens is 1. The van der Waals surface area contributed by atoms with Gasteiger partial charge in [0.15, 0.2) is 0 Å². The van der Waals surface area contributed by atoms with Crippen LogP contribution in [0.4, 0.5) is 10.1 Å². The molecule has 0 aliphatic carbocycles. The van der Waals surface area contributed by atoms with Gasteiger partial charge in [-0.3, -0.25) is 0 Å². The summed E-state index contributed by atoms with van der Waals surface area (Å²) in [5.41, 5.74) is 1.74. The van der Waals surface area contributed by atoms with E-state index in [2.05, 4.69) is 10.2 Å². The first-order valence-corrected chi connectivity index (χ1v) is 7.54. The summed E-state index contributed by atoms with van der Waals surface area (Å²) >= 11 is 0. The SMILES string of the molecule is COCCNCc1ccc(N2CCCCCC2)c(F)c1. The molecule has 0 aromatic heterocycles. The lowest BCUT2D eigenvalue weighted by molar-refractivity contribution is 0.199. The molecule has 0 amide bonds. The normalized spacial score (nSPS) is 16.2. The van der Waals surface area contributed by atoms with Gasteiger partial charge in [-0.25, -0.2) is 4.39 Å². The Bertz CT molecular complexity index is 403. The van der Waals surface area contributed by atoms with Crippen LogP contribution in [0, 0.1) is 5.82 Å². The predicted molar refractivity (Wildman–Crippen MR) is 80.7 cm³/mol. The van der Waals surface area contributed by atoms with Crippen LogP contribution in [0.1, 0.15) is 31.2 Å². The second-order valence-corrected chi connectivity index (χ2v) is 5.36. The molecule has 0 saturated carbocycles. The first-order chi connectivity index (χ1) is 9.81. The van der Waals surface area contributed by atoms with Crippen LogP contribution in [0.2, 0.25) is 0 Å². The quantitative estimate of drug-likeness (QED) is 0.811. The zero-order chi connectivity index (χ0) is 14.2. The number of rotatable bonds is 6. The van der Waals surface area contributed by atoms with E-state index in [1.54, 1.807) is 13.2 Å². The van der Waals surface area contributed by atoms with E-state index in [0.717, 1.165) is 30.9 Å². The molecule has 1 heterocycles. The number of hydrogen-bond donors (Lipinski definition) is 1. The highest BCUT2D eigenvalue weighted by Crippen LogP contribution is 2.23. The second kappa shape index (κ2) is 8.22. The van der Waals surface area contributed by atoms with E-state index in [-0.39, 0.29) is 5.82 Å². The molecule has 0 bridgehead atoms. The molecule has 20 heavy (non-hydrogen) atoms. The molecule has 1 aliphatic heterocycles. The number of ether oxygens (including phenoxy) is 1. The molecule has 1 aromatic carbocycles. The van der Waals surface area contributed by atoms with Gasteiger partial charge in [0, 0.05) is 33.3 Å². The predicted octanol–water partition coefficient (Wildman–Crippen LogP) is 2.94. The van der Waals surface area contributed by atoms with E-state index >= 15 is 0 Å². The number of benzene rings is 1. The number of anilines is 1. The van der Waals surface area contributed by atoms with Crippen LogP contribution in [0.25, 0.3) is 0 Å². The average Bonchev–Trinajstić information content (AvgIpc) is 2.73. The van der Waals surface area contributed by atoms with Crippen molar-refractivity contribution in [1.82, 2.24) is 5.32 Å². The maximum absolute atomic E-state index is 14.2. The van der Waals surface area contributed by atoms with E-state index in [9.17, 15) is 4.39 Å². The van der Waals surface area contributed by atoms with Crippen LogP contribution in [-0.2, 0) is 11.3 Å². The minimum atomic E-state index is -0.0991. The lowest BCUT2D eigenvalue weighted by atomic mass is 10.1. The Morgan fingerprint density at radius 3 is 2.60 bits per heavy atom. The van der Waals surface area contributed by atoms with Crippen molar-refractivity contribution in [2.75, 3.05) is 38.3 Å². The van der Waals surface area contributed by atoms with Crippen molar-refractivity contribution in [1.29, 1.82) is 0 Å². The van der Waals surface area contributed by atoms with Gasteiger partial charge in [-0.05, 0) is 30.5 Å². The van der Waals surface area contributed by atoms with Crippen LogP contribution >= 0.6 is 0 Å². The van der Waals surface area contributed by atoms with Crippen LogP contribution in [0.5, 0.6) is 0 Å². The standard InChI is InChI=1S/C16H25FN2O/c1-20-11-8-18-13-14-6-7-16(15(17)12-14)19-9-4-2-3-5-10-19/h6-7,12,18H,2-5,8-11,13H2,1H3. The summed E-state index contributed by atoms with van der Waals surface area (Å²) in [6.45, 7) is 4.09. The van der Waals surface area contributed by atoms with Gasteiger partial charge in [-0.2, -0.15) is 0 Å². The summed E-state index contributed by atoms with van der Waals surface area (Å²) in [7, 11) is 1.68. The Hall–Kier alpha value is -1.13. The molecule has 3 nitrogen and oxygen atoms in total. The third-order valence-electron chi connectivity index (χ3n) is 3.77. The summed E-state index contributed by atoms with van der Waals surface area (Å²) in [6.07, 6.45) is 4.86. The Labute approximate surface area is 121 Å². The lowest BCUT2D eigenvalue weighted by Gasteiger charge is -2.23. The zero-order valence-corrected chi connectivity index (χ0v) is 12.3. The summed E-state index contributed by atoms with van der Waals surface area (Å²) in [5, 5.41) is 3.23. The van der Waals surface area contributed by atoms with E-state index < -0.39 is 0 Å². The fourth-order valence-electron chi connectivity index (χ4n) is 2.64. The number of nitrogens with zero attached hydrogens (tertiary/aromatic N) is 1. The maximum atomic E-state index is 14.2. The monoisotopic (exact) mass is 280 g/mol. The van der Waals surface area contributed by atoms with Gasteiger partial charge in [-0.1, -0.05) is 18.9 Å². The fraction of sp³-hybridized carbons (Fsp3) is 0.625. The summed E-state index contributed by atoms with van der Waals surface area (Å²) < 4.78 is 19.2. The van der Waals surface area contributed by atoms with Crippen LogP contribution in [-0.4, -0.2) is 33.4 Å². The molecule has 2 rings (SSSR count). The molecule has 1 saturated heterocycles. The van der Waals surface area contributed by atoms with Crippen LogP contribution in [0.15, 0.2) is 18.2 Å². The first-order valence-electron chi connectivity index (χ1n) is 7.54. The summed E-state index contributed by atoms with van der Waals surface area (Å²) in [6, 6.07) is 5.59. The highest BCUT2D eigenvalue weighted by atomic mass is 19.1. The largest absolute Gasteiger partial charge is 0.383 e. The van der Waals surface area contributed by atoms with Gasteiger partial charge in [0.1, 0.15) is 5.82 Å². The highest BCUT2D eigenvalue weighted by Gasteiger charge is 2.13. The van der Waals surface area contributed by atoms with Gasteiger partial charge in [-0.15, -0.1) is 0 Å². The number of nitrogens with one attached hydrogen (secondary N) is 1. The smallest absolute Gasteiger partial charge is 0.146 e. The van der Waals surface area contributed by atoms with Gasteiger partial charge < -0.3 is 15.0 Å². The van der Waals surface area contributed by atoms with Crippen molar-refractivity contribution in [3.8, 4) is 0 Å². The van der Waals surface area contributed by atoms with Crippen molar-refractivity contribution < 1.29 is 9.13 Å². The molecular formula is C16H25FN2O. The molecule has 0 radical (unpaired) electrons. The van der Waals surface area contributed by atoms with E-state index in [4.69, 9.17) is 4.74 Å². The Kier molecular flexibility index (Phi) is 6.27. The van der Waals surface area contributed by atoms with Crippen LogP contribution < -0.4 is 10.2 Å². The molecule has 1 aliphatic rings. The van der Waals surface area contributed by atoms with Crippen LogP contribution in [0.3, 0.4) is 0 Å². The molecule has 1 fully saturated rings. The Balaban J connectivity index is 1.94. The molecule has 0 unspecified atom stereocenters. The minimum absolute atomic E-state index is 0.0991. The Morgan fingerprint density at radius 2 is 1.95 bits per heavy atom. The topological polar surface area (TPSA) is 24.5 Å². The molecule has 0 atom stereocenters. The van der Waals surface area contributed by atoms with Crippen molar-refractivity contribution in [3.63, 3.8) is 0 Å². The zero-order valence-electron chi connectivity index (χ0n) is 12.3. The van der Waals surface area contributed by atoms with Crippen molar-refractivity contribution in [3.05, 3.63) is 29.6 Å². The van der Waals surface area contributed by atoms with Gasteiger partial charge in [0.2, 0.25) is 0 Å². The molecule has 4 heteroatoms. The fourth-order valence-corrected chi connectivity index (χ4v) is 2.64. The third-order valence-corrected chi connectivity index (χ3v) is 3.77. The Morgan fingerprint density at radius 1 is 1.20 bits per heavy atom. The number of methoxy groups -OCH3 is 1. The molecule has 0 spiro atoms. The maximum Gasteiger partial charge on any atom is 0.146 e. The number of hydrogen-bond acceptors (Lipinski definition) is 3. The average molecular weight is 280 g/mol. The second-order valence-electron chi connectivity index (χ2n) is 5.36. The van der Waals surface area contributed by atoms with Crippen molar-refractivity contribution in [2.45, 2.75) is 32.2 Å². The van der Waals surface area contributed by atoms with E-state index in [0.29, 0.717) is 13.2 Å². The first kappa shape index (κ1) is 15.3. The lowest BCUT2D eigenvalue weighted by Crippen LogP contribution is -2.25.